The molecule has 0 atom stereocenters. The summed E-state index contributed by atoms with van der Waals surface area (Å²) in [6.45, 7) is 0. The molecule has 10 heteroatoms. The maximum atomic E-state index is 12.9. The molecule has 0 spiro atoms. The summed E-state index contributed by atoms with van der Waals surface area (Å²) in [4.78, 5) is 25.1. The third-order valence-corrected chi connectivity index (χ3v) is 4.78. The van der Waals surface area contributed by atoms with Crippen molar-refractivity contribution in [2.75, 3.05) is 32.0 Å². The Hall–Kier alpha value is -4.21. The van der Waals surface area contributed by atoms with E-state index in [4.69, 9.17) is 14.2 Å². The first kappa shape index (κ1) is 24.4. The molecule has 0 bridgehead atoms. The minimum absolute atomic E-state index is 0.0135. The molecule has 0 radical (unpaired) electrons. The fourth-order valence-corrected chi connectivity index (χ4v) is 3.10. The number of ether oxygens (including phenoxy) is 3. The number of amides is 2. The van der Waals surface area contributed by atoms with E-state index in [2.05, 4.69) is 10.6 Å². The van der Waals surface area contributed by atoms with Gasteiger partial charge in [0.05, 0.1) is 26.9 Å². The van der Waals surface area contributed by atoms with Gasteiger partial charge in [-0.3, -0.25) is 9.59 Å². The van der Waals surface area contributed by atoms with Crippen LogP contribution in [-0.2, 0) is 6.18 Å². The third-order valence-electron chi connectivity index (χ3n) is 4.78. The van der Waals surface area contributed by atoms with Crippen LogP contribution in [0.25, 0.3) is 0 Å². The summed E-state index contributed by atoms with van der Waals surface area (Å²) >= 11 is 0. The van der Waals surface area contributed by atoms with Crippen LogP contribution in [0.4, 0.5) is 24.5 Å². The topological polar surface area (TPSA) is 85.9 Å². The molecule has 3 aromatic rings. The van der Waals surface area contributed by atoms with Gasteiger partial charge in [0.25, 0.3) is 11.8 Å². The highest BCUT2D eigenvalue weighted by atomic mass is 19.4. The number of methoxy groups -OCH3 is 3. The first-order valence-electron chi connectivity index (χ1n) is 9.86. The Morgan fingerprint density at radius 2 is 1.26 bits per heavy atom. The zero-order valence-electron chi connectivity index (χ0n) is 18.4. The molecule has 0 heterocycles. The Balaban J connectivity index is 1.71. The molecule has 0 saturated carbocycles. The van der Waals surface area contributed by atoms with Crippen LogP contribution in [0.5, 0.6) is 17.2 Å². The van der Waals surface area contributed by atoms with E-state index in [9.17, 15) is 22.8 Å². The van der Waals surface area contributed by atoms with E-state index in [0.29, 0.717) is 22.9 Å². The summed E-state index contributed by atoms with van der Waals surface area (Å²) in [5, 5.41) is 5.12. The monoisotopic (exact) mass is 474 g/mol. The van der Waals surface area contributed by atoms with Crippen LogP contribution in [0.15, 0.2) is 60.7 Å². The molecule has 3 rings (SSSR count). The summed E-state index contributed by atoms with van der Waals surface area (Å²) in [5.74, 6) is -0.0813. The lowest BCUT2D eigenvalue weighted by molar-refractivity contribution is -0.137. The van der Waals surface area contributed by atoms with Crippen molar-refractivity contribution in [3.8, 4) is 17.2 Å². The second-order valence-corrected chi connectivity index (χ2v) is 6.98. The Bertz CT molecular complexity index is 1170. The minimum atomic E-state index is -4.52. The second kappa shape index (κ2) is 10.2. The fraction of sp³-hybridized carbons (Fsp3) is 0.167. The van der Waals surface area contributed by atoms with Gasteiger partial charge in [0, 0.05) is 22.5 Å². The lowest BCUT2D eigenvalue weighted by Crippen LogP contribution is -2.14. The van der Waals surface area contributed by atoms with Gasteiger partial charge in [-0.05, 0) is 54.6 Å². The zero-order valence-corrected chi connectivity index (χ0v) is 18.4. The van der Waals surface area contributed by atoms with E-state index >= 15 is 0 Å². The number of alkyl halides is 3. The van der Waals surface area contributed by atoms with Crippen molar-refractivity contribution in [1.82, 2.24) is 0 Å². The number of hydrogen-bond acceptors (Lipinski definition) is 5. The molecule has 34 heavy (non-hydrogen) atoms. The van der Waals surface area contributed by atoms with Gasteiger partial charge in [-0.2, -0.15) is 13.2 Å². The molecular weight excluding hydrogens is 453 g/mol. The van der Waals surface area contributed by atoms with E-state index < -0.39 is 23.6 Å². The van der Waals surface area contributed by atoms with Crippen molar-refractivity contribution < 1.29 is 37.0 Å². The highest BCUT2D eigenvalue weighted by Crippen LogP contribution is 2.38. The van der Waals surface area contributed by atoms with Crippen LogP contribution in [0.3, 0.4) is 0 Å². The normalized spacial score (nSPS) is 10.9. The van der Waals surface area contributed by atoms with Crippen LogP contribution < -0.4 is 24.8 Å². The number of carbonyl (C=O) groups is 2. The van der Waals surface area contributed by atoms with Crippen molar-refractivity contribution in [3.63, 3.8) is 0 Å². The number of anilines is 2. The molecule has 0 aromatic heterocycles. The molecule has 3 aromatic carbocycles. The molecule has 2 N–H and O–H groups in total. The lowest BCUT2D eigenvalue weighted by Gasteiger charge is -2.14. The lowest BCUT2D eigenvalue weighted by atomic mass is 10.1. The summed E-state index contributed by atoms with van der Waals surface area (Å²) in [6, 6.07) is 13.2. The van der Waals surface area contributed by atoms with Gasteiger partial charge < -0.3 is 24.8 Å². The minimum Gasteiger partial charge on any atom is -0.493 e. The first-order valence-corrected chi connectivity index (χ1v) is 9.86. The molecule has 0 fully saturated rings. The maximum Gasteiger partial charge on any atom is 0.416 e. The van der Waals surface area contributed by atoms with Crippen molar-refractivity contribution >= 4 is 23.2 Å². The number of halogens is 3. The van der Waals surface area contributed by atoms with Gasteiger partial charge in [0.15, 0.2) is 11.5 Å². The van der Waals surface area contributed by atoms with E-state index in [1.165, 1.54) is 69.9 Å². The van der Waals surface area contributed by atoms with E-state index in [1.807, 2.05) is 0 Å². The predicted molar refractivity (Wildman–Crippen MR) is 120 cm³/mol. The van der Waals surface area contributed by atoms with Crippen molar-refractivity contribution in [2.45, 2.75) is 6.18 Å². The number of benzene rings is 3. The molecular formula is C24H21F3N2O5. The van der Waals surface area contributed by atoms with Gasteiger partial charge >= 0.3 is 6.18 Å². The standard InChI is InChI=1S/C24H21F3N2O5/c1-32-19-11-15(12-20(33-2)21(19)34-3)23(31)28-17-9-7-14(8-10-17)22(30)29-18-6-4-5-16(13-18)24(25,26)27/h4-13H,1-3H3,(H,28,31)(H,29,30). The van der Waals surface area contributed by atoms with Crippen molar-refractivity contribution in [3.05, 3.63) is 77.4 Å². The molecule has 0 aliphatic rings. The van der Waals surface area contributed by atoms with Gasteiger partial charge in [0.2, 0.25) is 5.75 Å². The Morgan fingerprint density at radius 3 is 1.79 bits per heavy atom. The number of rotatable bonds is 7. The predicted octanol–water partition coefficient (Wildman–Crippen LogP) is 5.24. The average Bonchev–Trinajstić information content (AvgIpc) is 2.83. The second-order valence-electron chi connectivity index (χ2n) is 6.98. The third kappa shape index (κ3) is 5.58. The van der Waals surface area contributed by atoms with Gasteiger partial charge in [0.1, 0.15) is 0 Å². The highest BCUT2D eigenvalue weighted by molar-refractivity contribution is 6.06. The SMILES string of the molecule is COc1cc(C(=O)Nc2ccc(C(=O)Nc3cccc(C(F)(F)F)c3)cc2)cc(OC)c1OC. The Kier molecular flexibility index (Phi) is 7.30. The number of carbonyl (C=O) groups excluding carboxylic acids is 2. The highest BCUT2D eigenvalue weighted by Gasteiger charge is 2.30. The Morgan fingerprint density at radius 1 is 0.706 bits per heavy atom. The van der Waals surface area contributed by atoms with Gasteiger partial charge in [-0.1, -0.05) is 6.07 Å². The fourth-order valence-electron chi connectivity index (χ4n) is 3.10. The van der Waals surface area contributed by atoms with Crippen LogP contribution in [-0.4, -0.2) is 33.1 Å². The maximum absolute atomic E-state index is 12.9. The number of nitrogens with one attached hydrogen (secondary N) is 2. The van der Waals surface area contributed by atoms with Gasteiger partial charge in [-0.15, -0.1) is 0 Å². The van der Waals surface area contributed by atoms with Crippen LogP contribution >= 0.6 is 0 Å². The number of hydrogen-bond donors (Lipinski definition) is 2. The van der Waals surface area contributed by atoms with E-state index in [-0.39, 0.29) is 16.8 Å². The summed E-state index contributed by atoms with van der Waals surface area (Å²) in [6.07, 6.45) is -4.52. The average molecular weight is 474 g/mol. The zero-order chi connectivity index (χ0) is 24.9. The molecule has 178 valence electrons. The largest absolute Gasteiger partial charge is 0.493 e. The van der Waals surface area contributed by atoms with Crippen molar-refractivity contribution in [1.29, 1.82) is 0 Å². The molecule has 7 nitrogen and oxygen atoms in total. The molecule has 2 amide bonds. The van der Waals surface area contributed by atoms with Crippen LogP contribution in [0, 0.1) is 0 Å². The summed E-state index contributed by atoms with van der Waals surface area (Å²) in [7, 11) is 4.31. The molecule has 0 unspecified atom stereocenters. The van der Waals surface area contributed by atoms with Gasteiger partial charge in [-0.25, -0.2) is 0 Å². The molecule has 0 aliphatic carbocycles. The Labute approximate surface area is 193 Å². The van der Waals surface area contributed by atoms with Crippen LogP contribution in [0.1, 0.15) is 26.3 Å². The summed E-state index contributed by atoms with van der Waals surface area (Å²) in [5.41, 5.74) is -0.00630. The smallest absolute Gasteiger partial charge is 0.416 e. The van der Waals surface area contributed by atoms with E-state index in [1.54, 1.807) is 0 Å². The van der Waals surface area contributed by atoms with Crippen molar-refractivity contribution in [2.24, 2.45) is 0 Å². The first-order chi connectivity index (χ1) is 16.2. The molecule has 0 saturated heterocycles. The molecule has 0 aliphatic heterocycles. The quantitative estimate of drug-likeness (QED) is 0.490. The van der Waals surface area contributed by atoms with Crippen LogP contribution in [0.2, 0.25) is 0 Å². The summed E-state index contributed by atoms with van der Waals surface area (Å²) < 4.78 is 54.3. The van der Waals surface area contributed by atoms with E-state index in [0.717, 1.165) is 12.1 Å².